The van der Waals surface area contributed by atoms with E-state index in [4.69, 9.17) is 20.8 Å². The average Bonchev–Trinajstić information content (AvgIpc) is 2.87. The Hall–Kier alpha value is -2.53. The van der Waals surface area contributed by atoms with Crippen LogP contribution in [0.4, 0.5) is 0 Å². The molecule has 3 rings (SSSR count). The minimum Gasteiger partial charge on any atom is -0.480 e. The van der Waals surface area contributed by atoms with Crippen LogP contribution in [0.5, 0.6) is 5.95 Å². The molecule has 2 heterocycles. The Morgan fingerprint density at radius 1 is 1.32 bits per heavy atom. The monoisotopic (exact) mass is 317 g/mol. The number of rotatable bonds is 2. The maximum Gasteiger partial charge on any atom is 0.340 e. The number of aryl methyl sites for hydroxylation is 1. The van der Waals surface area contributed by atoms with Crippen molar-refractivity contribution in [1.82, 2.24) is 4.98 Å². The molecule has 5 nitrogen and oxygen atoms in total. The SMILES string of the molecule is COC(=O)c1c(C)nc2coc(O)c2c1-c1ccc(Cl)cc1. The van der Waals surface area contributed by atoms with Crippen molar-refractivity contribution in [3.63, 3.8) is 0 Å². The molecule has 0 bridgehead atoms. The van der Waals surface area contributed by atoms with Crippen LogP contribution in [0.15, 0.2) is 34.9 Å². The minimum atomic E-state index is -0.530. The third-order valence-corrected chi connectivity index (χ3v) is 3.68. The lowest BCUT2D eigenvalue weighted by Gasteiger charge is -2.12. The fraction of sp³-hybridized carbons (Fsp3) is 0.125. The molecule has 0 saturated carbocycles. The summed E-state index contributed by atoms with van der Waals surface area (Å²) in [7, 11) is 1.30. The number of carbonyl (C=O) groups is 1. The number of carbonyl (C=O) groups excluding carboxylic acids is 1. The topological polar surface area (TPSA) is 72.6 Å². The summed E-state index contributed by atoms with van der Waals surface area (Å²) >= 11 is 5.92. The molecule has 0 fully saturated rings. The number of aromatic nitrogens is 1. The smallest absolute Gasteiger partial charge is 0.340 e. The Bertz CT molecular complexity index is 868. The molecule has 1 N–H and O–H groups in total. The third kappa shape index (κ3) is 2.19. The zero-order chi connectivity index (χ0) is 15.9. The van der Waals surface area contributed by atoms with E-state index in [1.807, 2.05) is 0 Å². The quantitative estimate of drug-likeness (QED) is 0.724. The van der Waals surface area contributed by atoms with Gasteiger partial charge in [0.15, 0.2) is 0 Å². The van der Waals surface area contributed by atoms with Gasteiger partial charge in [0.25, 0.3) is 5.95 Å². The number of esters is 1. The maximum absolute atomic E-state index is 12.2. The molecule has 0 unspecified atom stereocenters. The third-order valence-electron chi connectivity index (χ3n) is 3.42. The molecular weight excluding hydrogens is 306 g/mol. The van der Waals surface area contributed by atoms with Crippen LogP contribution in [0.3, 0.4) is 0 Å². The van der Waals surface area contributed by atoms with Crippen LogP contribution >= 0.6 is 11.6 Å². The molecule has 6 heteroatoms. The van der Waals surface area contributed by atoms with Crippen molar-refractivity contribution >= 4 is 28.5 Å². The van der Waals surface area contributed by atoms with Crippen LogP contribution in [0, 0.1) is 6.92 Å². The number of fused-ring (bicyclic) bond motifs is 1. The van der Waals surface area contributed by atoms with Crippen LogP contribution in [0.1, 0.15) is 16.1 Å². The maximum atomic E-state index is 12.2. The number of hydrogen-bond acceptors (Lipinski definition) is 5. The van der Waals surface area contributed by atoms with E-state index in [9.17, 15) is 9.90 Å². The van der Waals surface area contributed by atoms with Gasteiger partial charge in [-0.3, -0.25) is 0 Å². The van der Waals surface area contributed by atoms with Gasteiger partial charge in [-0.25, -0.2) is 9.78 Å². The van der Waals surface area contributed by atoms with E-state index in [1.165, 1.54) is 13.4 Å². The molecular formula is C16H12ClNO4. The zero-order valence-corrected chi connectivity index (χ0v) is 12.6. The van der Waals surface area contributed by atoms with E-state index in [0.29, 0.717) is 32.7 Å². The molecule has 22 heavy (non-hydrogen) atoms. The molecule has 112 valence electrons. The van der Waals surface area contributed by atoms with Crippen molar-refractivity contribution < 1.29 is 19.1 Å². The molecule has 0 amide bonds. The second-order valence-electron chi connectivity index (χ2n) is 4.75. The summed E-state index contributed by atoms with van der Waals surface area (Å²) in [5.41, 5.74) is 2.46. The van der Waals surface area contributed by atoms with Crippen LogP contribution in [-0.2, 0) is 4.74 Å². The van der Waals surface area contributed by atoms with Crippen molar-refractivity contribution in [3.05, 3.63) is 46.8 Å². The molecule has 0 aliphatic heterocycles. The lowest BCUT2D eigenvalue weighted by Crippen LogP contribution is -2.08. The fourth-order valence-corrected chi connectivity index (χ4v) is 2.58. The van der Waals surface area contributed by atoms with Crippen molar-refractivity contribution in [1.29, 1.82) is 0 Å². The van der Waals surface area contributed by atoms with Gasteiger partial charge in [-0.05, 0) is 24.6 Å². The van der Waals surface area contributed by atoms with Crippen LogP contribution in [0.25, 0.3) is 22.0 Å². The highest BCUT2D eigenvalue weighted by molar-refractivity contribution is 6.30. The first-order valence-corrected chi connectivity index (χ1v) is 6.85. The van der Waals surface area contributed by atoms with Gasteiger partial charge < -0.3 is 14.3 Å². The molecule has 0 aliphatic carbocycles. The number of furan rings is 1. The molecule has 2 aromatic heterocycles. The van der Waals surface area contributed by atoms with Gasteiger partial charge in [0.05, 0.1) is 23.8 Å². The second kappa shape index (κ2) is 5.35. The highest BCUT2D eigenvalue weighted by Gasteiger charge is 2.24. The lowest BCUT2D eigenvalue weighted by atomic mass is 9.96. The fourth-order valence-electron chi connectivity index (χ4n) is 2.46. The van der Waals surface area contributed by atoms with Gasteiger partial charge in [-0.15, -0.1) is 0 Å². The summed E-state index contributed by atoms with van der Waals surface area (Å²) < 4.78 is 9.89. The molecule has 3 aromatic rings. The van der Waals surface area contributed by atoms with E-state index < -0.39 is 5.97 Å². The van der Waals surface area contributed by atoms with E-state index >= 15 is 0 Å². The predicted molar refractivity (Wildman–Crippen MR) is 82.2 cm³/mol. The Morgan fingerprint density at radius 2 is 2.00 bits per heavy atom. The van der Waals surface area contributed by atoms with Gasteiger partial charge in [0.1, 0.15) is 11.8 Å². The number of benzene rings is 1. The molecule has 0 saturated heterocycles. The summed E-state index contributed by atoms with van der Waals surface area (Å²) in [6, 6.07) is 6.93. The first kappa shape index (κ1) is 14.4. The first-order valence-electron chi connectivity index (χ1n) is 6.48. The number of ether oxygens (including phenoxy) is 1. The van der Waals surface area contributed by atoms with Crippen molar-refractivity contribution in [2.24, 2.45) is 0 Å². The molecule has 0 radical (unpaired) electrons. The summed E-state index contributed by atoms with van der Waals surface area (Å²) in [6.07, 6.45) is 1.35. The Labute approximate surface area is 131 Å². The largest absolute Gasteiger partial charge is 0.480 e. The van der Waals surface area contributed by atoms with Crippen LogP contribution in [-0.4, -0.2) is 23.2 Å². The summed E-state index contributed by atoms with van der Waals surface area (Å²) in [5.74, 6) is -0.824. The highest BCUT2D eigenvalue weighted by atomic mass is 35.5. The first-order chi connectivity index (χ1) is 10.5. The van der Waals surface area contributed by atoms with Gasteiger partial charge in [-0.2, -0.15) is 0 Å². The molecule has 1 aromatic carbocycles. The van der Waals surface area contributed by atoms with E-state index in [2.05, 4.69) is 4.98 Å². The van der Waals surface area contributed by atoms with E-state index in [0.717, 1.165) is 0 Å². The number of hydrogen-bond donors (Lipinski definition) is 1. The Balaban J connectivity index is 2.44. The van der Waals surface area contributed by atoms with Gasteiger partial charge in [0, 0.05) is 10.6 Å². The van der Waals surface area contributed by atoms with Crippen LogP contribution in [0.2, 0.25) is 5.02 Å². The lowest BCUT2D eigenvalue weighted by molar-refractivity contribution is 0.0600. The Morgan fingerprint density at radius 3 is 2.64 bits per heavy atom. The normalized spacial score (nSPS) is 10.9. The second-order valence-corrected chi connectivity index (χ2v) is 5.18. The Kier molecular flexibility index (Phi) is 3.50. The predicted octanol–water partition coefficient (Wildman–Crippen LogP) is 3.95. The van der Waals surface area contributed by atoms with Crippen LogP contribution < -0.4 is 0 Å². The molecule has 0 atom stereocenters. The van der Waals surface area contributed by atoms with Gasteiger partial charge in [0.2, 0.25) is 0 Å². The van der Waals surface area contributed by atoms with E-state index in [1.54, 1.807) is 31.2 Å². The average molecular weight is 318 g/mol. The van der Waals surface area contributed by atoms with Crippen molar-refractivity contribution in [2.75, 3.05) is 7.11 Å². The highest BCUT2D eigenvalue weighted by Crippen LogP contribution is 2.39. The zero-order valence-electron chi connectivity index (χ0n) is 11.9. The van der Waals surface area contributed by atoms with Crippen molar-refractivity contribution in [3.8, 4) is 17.1 Å². The number of nitrogens with zero attached hydrogens (tertiary/aromatic N) is 1. The molecule has 0 aliphatic rings. The van der Waals surface area contributed by atoms with Gasteiger partial charge >= 0.3 is 5.97 Å². The number of aromatic hydroxyl groups is 1. The summed E-state index contributed by atoms with van der Waals surface area (Å²) in [6.45, 7) is 1.70. The number of halogens is 1. The molecule has 0 spiro atoms. The number of pyridine rings is 1. The summed E-state index contributed by atoms with van der Waals surface area (Å²) in [4.78, 5) is 16.5. The summed E-state index contributed by atoms with van der Waals surface area (Å²) in [5, 5.41) is 10.9. The van der Waals surface area contributed by atoms with Gasteiger partial charge in [-0.1, -0.05) is 23.7 Å². The standard InChI is InChI=1S/C16H12ClNO4/c1-8-12(15(19)21-2)13(9-3-5-10(17)6-4-9)14-11(18-8)7-22-16(14)20/h3-7,20H,1-2H3. The minimum absolute atomic E-state index is 0.286. The number of methoxy groups -OCH3 is 1. The van der Waals surface area contributed by atoms with Crippen molar-refractivity contribution in [2.45, 2.75) is 6.92 Å². The van der Waals surface area contributed by atoms with E-state index in [-0.39, 0.29) is 11.5 Å².